The van der Waals surface area contributed by atoms with E-state index in [0.29, 0.717) is 0 Å². The first-order valence-corrected chi connectivity index (χ1v) is 19.3. The molecule has 264 valence electrons. The third-order valence-electron chi connectivity index (χ3n) is 8.49. The van der Waals surface area contributed by atoms with E-state index in [4.69, 9.17) is 6.42 Å². The van der Waals surface area contributed by atoms with Gasteiger partial charge in [0.2, 0.25) is 0 Å². The van der Waals surface area contributed by atoms with Crippen LogP contribution in [0.2, 0.25) is 0 Å². The van der Waals surface area contributed by atoms with Crippen LogP contribution in [0.15, 0.2) is 60.8 Å². The number of hydrogen-bond donors (Lipinski definition) is 1. The molecule has 0 aromatic rings. The molecular weight excluding hydrogens is 576 g/mol. The van der Waals surface area contributed by atoms with E-state index < -0.39 is 12.1 Å². The van der Waals surface area contributed by atoms with Crippen LogP contribution in [0.4, 0.5) is 0 Å². The monoisotopic (exact) mass is 647 g/mol. The molecule has 47 heavy (non-hydrogen) atoms. The van der Waals surface area contributed by atoms with Gasteiger partial charge < -0.3 is 9.84 Å². The van der Waals surface area contributed by atoms with E-state index in [-0.39, 0.29) is 0 Å². The number of carbonyl (C=O) groups is 1. The van der Waals surface area contributed by atoms with Gasteiger partial charge in [-0.2, -0.15) is 0 Å². The first kappa shape index (κ1) is 44.2. The highest BCUT2D eigenvalue weighted by Gasteiger charge is 1.99. The number of aliphatic hydroxyl groups is 1. The Balaban J connectivity index is 3.27. The van der Waals surface area contributed by atoms with E-state index in [1.165, 1.54) is 161 Å². The molecule has 3 nitrogen and oxygen atoms in total. The Bertz CT molecular complexity index is 933. The fraction of sp³-hybridized carbons (Fsp3) is 0.659. The standard InChI is InChI=1S/C44H70O3/c1-3-43(45)41-39-37-35-33-31-29-27-25-23-21-19-17-15-13-11-9-7-5-4-6-8-10-12-14-16-18-20-22-24-26-28-30-32-34-36-38-40-42-44(46)47-2/h1,20,22,24,26,28,30,32,34,36,38,43,45H,4-19,21,23,25,27,29,31,33,35,37,39,41H2,2H3. The van der Waals surface area contributed by atoms with Crippen LogP contribution in [0, 0.1) is 24.2 Å². The molecule has 3 heteroatoms. The molecule has 0 saturated carbocycles. The number of allylic oxidation sites excluding steroid dienone is 10. The van der Waals surface area contributed by atoms with E-state index in [1.807, 2.05) is 30.4 Å². The maximum Gasteiger partial charge on any atom is 0.384 e. The van der Waals surface area contributed by atoms with Crippen LogP contribution in [0.5, 0.6) is 0 Å². The number of unbranched alkanes of at least 4 members (excludes halogenated alkanes) is 25. The molecule has 0 fully saturated rings. The molecule has 0 spiro atoms. The van der Waals surface area contributed by atoms with E-state index in [2.05, 4.69) is 40.7 Å². The quantitative estimate of drug-likeness (QED) is 0.0260. The number of carbonyl (C=O) groups excluding carboxylic acids is 1. The summed E-state index contributed by atoms with van der Waals surface area (Å²) in [4.78, 5) is 10.8. The molecule has 1 N–H and O–H groups in total. The second-order valence-corrected chi connectivity index (χ2v) is 12.8. The number of methoxy groups -OCH3 is 1. The molecule has 1 atom stereocenters. The Morgan fingerprint density at radius 3 is 1.28 bits per heavy atom. The van der Waals surface area contributed by atoms with Crippen molar-refractivity contribution in [2.24, 2.45) is 0 Å². The normalized spacial score (nSPS) is 12.4. The molecule has 0 aromatic carbocycles. The van der Waals surface area contributed by atoms with E-state index in [9.17, 15) is 9.90 Å². The largest absolute Gasteiger partial charge is 0.459 e. The lowest BCUT2D eigenvalue weighted by molar-refractivity contribution is -0.133. The first-order chi connectivity index (χ1) is 23.2. The molecule has 0 heterocycles. The van der Waals surface area contributed by atoms with Gasteiger partial charge in [0.15, 0.2) is 0 Å². The van der Waals surface area contributed by atoms with Crippen molar-refractivity contribution in [2.45, 2.75) is 179 Å². The van der Waals surface area contributed by atoms with Gasteiger partial charge in [0.1, 0.15) is 6.10 Å². The SMILES string of the molecule is C#CC(O)CCCCCCCCCCCCCCCCCCCCCCCCCCCC=CC=CC=CC=CC=CC#CC(=O)OC. The van der Waals surface area contributed by atoms with Crippen LogP contribution in [-0.4, -0.2) is 24.3 Å². The number of esters is 1. The van der Waals surface area contributed by atoms with Crippen molar-refractivity contribution in [2.75, 3.05) is 7.11 Å². The molecule has 0 aliphatic heterocycles. The molecule has 0 radical (unpaired) electrons. The van der Waals surface area contributed by atoms with Crippen molar-refractivity contribution < 1.29 is 14.6 Å². The highest BCUT2D eigenvalue weighted by molar-refractivity contribution is 5.88. The lowest BCUT2D eigenvalue weighted by Crippen LogP contribution is -2.01. The summed E-state index contributed by atoms with van der Waals surface area (Å²) in [5.41, 5.74) is 0. The average molecular weight is 647 g/mol. The van der Waals surface area contributed by atoms with Crippen LogP contribution in [0.3, 0.4) is 0 Å². The number of terminal acetylenes is 1. The van der Waals surface area contributed by atoms with Gasteiger partial charge in [-0.05, 0) is 31.8 Å². The third kappa shape index (κ3) is 39.3. The predicted molar refractivity (Wildman–Crippen MR) is 205 cm³/mol. The lowest BCUT2D eigenvalue weighted by atomic mass is 10.0. The molecule has 0 amide bonds. The van der Waals surface area contributed by atoms with Crippen molar-refractivity contribution in [1.29, 1.82) is 0 Å². The van der Waals surface area contributed by atoms with Gasteiger partial charge in [0.05, 0.1) is 7.11 Å². The fourth-order valence-electron chi connectivity index (χ4n) is 5.56. The molecule has 0 saturated heterocycles. The maximum absolute atomic E-state index is 10.8. The Hall–Kier alpha value is -2.75. The van der Waals surface area contributed by atoms with Gasteiger partial charge in [-0.25, -0.2) is 4.79 Å². The summed E-state index contributed by atoms with van der Waals surface area (Å²) in [5, 5.41) is 9.35. The van der Waals surface area contributed by atoms with E-state index in [1.54, 1.807) is 12.2 Å². The number of ether oxygens (including phenoxy) is 1. The molecule has 0 aliphatic carbocycles. The highest BCUT2D eigenvalue weighted by Crippen LogP contribution is 2.16. The summed E-state index contributed by atoms with van der Waals surface area (Å²) in [6.45, 7) is 0. The zero-order valence-electron chi connectivity index (χ0n) is 30.3. The molecule has 0 aromatic heterocycles. The van der Waals surface area contributed by atoms with Gasteiger partial charge >= 0.3 is 5.97 Å². The van der Waals surface area contributed by atoms with Crippen molar-refractivity contribution in [1.82, 2.24) is 0 Å². The molecule has 0 bridgehead atoms. The van der Waals surface area contributed by atoms with Crippen LogP contribution in [0.25, 0.3) is 0 Å². The van der Waals surface area contributed by atoms with Gasteiger partial charge in [-0.15, -0.1) is 6.42 Å². The zero-order valence-corrected chi connectivity index (χ0v) is 30.3. The van der Waals surface area contributed by atoms with Crippen LogP contribution in [0.1, 0.15) is 173 Å². The van der Waals surface area contributed by atoms with E-state index >= 15 is 0 Å². The van der Waals surface area contributed by atoms with Crippen LogP contribution >= 0.6 is 0 Å². The topological polar surface area (TPSA) is 46.5 Å². The van der Waals surface area contributed by atoms with E-state index in [0.717, 1.165) is 19.3 Å². The molecule has 0 rings (SSSR count). The Morgan fingerprint density at radius 2 is 0.894 bits per heavy atom. The number of rotatable bonds is 32. The predicted octanol–water partition coefficient (Wildman–Crippen LogP) is 12.5. The average Bonchev–Trinajstić information content (AvgIpc) is 3.08. The Morgan fingerprint density at radius 1 is 0.553 bits per heavy atom. The zero-order chi connectivity index (χ0) is 34.1. The first-order valence-electron chi connectivity index (χ1n) is 19.3. The van der Waals surface area contributed by atoms with Crippen LogP contribution in [-0.2, 0) is 9.53 Å². The van der Waals surface area contributed by atoms with Gasteiger partial charge in [0, 0.05) is 5.92 Å². The summed E-state index contributed by atoms with van der Waals surface area (Å²) >= 11 is 0. The summed E-state index contributed by atoms with van der Waals surface area (Å²) in [7, 11) is 1.32. The minimum absolute atomic E-state index is 0.529. The van der Waals surface area contributed by atoms with Crippen molar-refractivity contribution in [3.05, 3.63) is 60.8 Å². The maximum atomic E-state index is 10.8. The van der Waals surface area contributed by atoms with Crippen molar-refractivity contribution in [3.8, 4) is 24.2 Å². The number of hydrogen-bond acceptors (Lipinski definition) is 3. The number of aliphatic hydroxyl groups excluding tert-OH is 1. The fourth-order valence-corrected chi connectivity index (χ4v) is 5.56. The van der Waals surface area contributed by atoms with Gasteiger partial charge in [-0.1, -0.05) is 214 Å². The minimum Gasteiger partial charge on any atom is -0.459 e. The van der Waals surface area contributed by atoms with Gasteiger partial charge in [-0.3, -0.25) is 0 Å². The summed E-state index contributed by atoms with van der Waals surface area (Å²) in [6, 6.07) is 0. The van der Waals surface area contributed by atoms with Crippen LogP contribution < -0.4 is 0 Å². The molecular formula is C44H70O3. The second-order valence-electron chi connectivity index (χ2n) is 12.8. The minimum atomic E-state index is -0.536. The van der Waals surface area contributed by atoms with Crippen molar-refractivity contribution in [3.63, 3.8) is 0 Å². The third-order valence-corrected chi connectivity index (χ3v) is 8.49. The molecule has 1 unspecified atom stereocenters. The smallest absolute Gasteiger partial charge is 0.384 e. The Kier molecular flexibility index (Phi) is 37.1. The highest BCUT2D eigenvalue weighted by atomic mass is 16.5. The lowest BCUT2D eigenvalue weighted by Gasteiger charge is -2.05. The second kappa shape index (κ2) is 39.4. The molecule has 0 aliphatic rings. The summed E-state index contributed by atoms with van der Waals surface area (Å²) < 4.78 is 4.44. The summed E-state index contributed by atoms with van der Waals surface area (Å²) in [6.07, 6.45) is 60.8. The Labute approximate surface area is 291 Å². The summed E-state index contributed by atoms with van der Waals surface area (Å²) in [5.74, 6) is 6.81. The van der Waals surface area contributed by atoms with Crippen molar-refractivity contribution >= 4 is 5.97 Å². The van der Waals surface area contributed by atoms with Gasteiger partial charge in [0.25, 0.3) is 0 Å².